The predicted octanol–water partition coefficient (Wildman–Crippen LogP) is 1.87. The van der Waals surface area contributed by atoms with E-state index in [2.05, 4.69) is 24.3 Å². The van der Waals surface area contributed by atoms with Gasteiger partial charge in [-0.25, -0.2) is 0 Å². The highest BCUT2D eigenvalue weighted by Crippen LogP contribution is 2.28. The summed E-state index contributed by atoms with van der Waals surface area (Å²) >= 11 is 0. The third kappa shape index (κ3) is 1.55. The zero-order chi connectivity index (χ0) is 9.42. The highest BCUT2D eigenvalue weighted by molar-refractivity contribution is 5.54. The van der Waals surface area contributed by atoms with Gasteiger partial charge in [0, 0.05) is 13.1 Å². The highest BCUT2D eigenvalue weighted by Gasteiger charge is 2.24. The van der Waals surface area contributed by atoms with E-state index in [1.165, 1.54) is 24.2 Å². The second kappa shape index (κ2) is 3.05. The third-order valence-corrected chi connectivity index (χ3v) is 2.60. The zero-order valence-electron chi connectivity index (χ0n) is 8.59. The van der Waals surface area contributed by atoms with E-state index in [9.17, 15) is 0 Å². The maximum absolute atomic E-state index is 4.42. The second-order valence-electron chi connectivity index (χ2n) is 3.80. The Morgan fingerprint density at radius 1 is 1.54 bits per heavy atom. The summed E-state index contributed by atoms with van der Waals surface area (Å²) in [5, 5.41) is 7.96. The van der Waals surface area contributed by atoms with Gasteiger partial charge < -0.3 is 5.32 Å². The Hall–Kier alpha value is -0.990. The Kier molecular flexibility index (Phi) is 2.02. The van der Waals surface area contributed by atoms with Crippen molar-refractivity contribution in [3.05, 3.63) is 11.4 Å². The van der Waals surface area contributed by atoms with Crippen molar-refractivity contribution in [1.82, 2.24) is 9.78 Å². The molecule has 0 amide bonds. The number of hydrogen-bond acceptors (Lipinski definition) is 2. The molecule has 0 atom stereocenters. The number of hydrogen-bond donors (Lipinski definition) is 1. The van der Waals surface area contributed by atoms with Gasteiger partial charge in [-0.05, 0) is 26.2 Å². The summed E-state index contributed by atoms with van der Waals surface area (Å²) in [6, 6.07) is 0.716. The lowest BCUT2D eigenvalue weighted by Gasteiger charge is -2.05. The summed E-state index contributed by atoms with van der Waals surface area (Å²) in [7, 11) is 2.02. The van der Waals surface area contributed by atoms with Crippen LogP contribution in [0.1, 0.15) is 31.2 Å². The SMILES string of the molecule is CCc1c(NC2CC2)c(C)nn1C. The van der Waals surface area contributed by atoms with Gasteiger partial charge in [0.05, 0.1) is 17.1 Å². The molecule has 3 heteroatoms. The minimum absolute atomic E-state index is 0.716. The molecule has 1 aromatic rings. The van der Waals surface area contributed by atoms with Crippen molar-refractivity contribution in [2.45, 2.75) is 39.2 Å². The van der Waals surface area contributed by atoms with Crippen molar-refractivity contribution < 1.29 is 0 Å². The average Bonchev–Trinajstić information content (AvgIpc) is 2.82. The molecule has 0 aliphatic heterocycles. The first-order valence-corrected chi connectivity index (χ1v) is 5.01. The van der Waals surface area contributed by atoms with Gasteiger partial charge in [-0.15, -0.1) is 0 Å². The maximum atomic E-state index is 4.42. The average molecular weight is 179 g/mol. The van der Waals surface area contributed by atoms with Crippen LogP contribution in [0, 0.1) is 6.92 Å². The van der Waals surface area contributed by atoms with Gasteiger partial charge >= 0.3 is 0 Å². The van der Waals surface area contributed by atoms with Gasteiger partial charge in [-0.1, -0.05) is 6.92 Å². The molecule has 1 saturated carbocycles. The van der Waals surface area contributed by atoms with Gasteiger partial charge in [0.25, 0.3) is 0 Å². The molecule has 3 nitrogen and oxygen atoms in total. The monoisotopic (exact) mass is 179 g/mol. The molecule has 0 unspecified atom stereocenters. The fraction of sp³-hybridized carbons (Fsp3) is 0.700. The third-order valence-electron chi connectivity index (χ3n) is 2.60. The van der Waals surface area contributed by atoms with E-state index in [0.29, 0.717) is 6.04 Å². The van der Waals surface area contributed by atoms with Crippen LogP contribution in [0.25, 0.3) is 0 Å². The molecule has 1 aromatic heterocycles. The second-order valence-corrected chi connectivity index (χ2v) is 3.80. The van der Waals surface area contributed by atoms with Crippen molar-refractivity contribution >= 4 is 5.69 Å². The Bertz CT molecular complexity index is 310. The predicted molar refractivity (Wildman–Crippen MR) is 54.0 cm³/mol. The van der Waals surface area contributed by atoms with Crippen molar-refractivity contribution in [3.63, 3.8) is 0 Å². The van der Waals surface area contributed by atoms with E-state index in [1.54, 1.807) is 0 Å². The Morgan fingerprint density at radius 2 is 2.23 bits per heavy atom. The van der Waals surface area contributed by atoms with Gasteiger partial charge in [0.1, 0.15) is 0 Å². The van der Waals surface area contributed by atoms with Gasteiger partial charge in [0.2, 0.25) is 0 Å². The van der Waals surface area contributed by atoms with E-state index in [0.717, 1.165) is 12.1 Å². The molecule has 0 saturated heterocycles. The molecular formula is C10H17N3. The normalized spacial score (nSPS) is 16.2. The lowest BCUT2D eigenvalue weighted by Crippen LogP contribution is -2.04. The van der Waals surface area contributed by atoms with Crippen molar-refractivity contribution in [3.8, 4) is 0 Å². The van der Waals surface area contributed by atoms with Crippen molar-refractivity contribution in [2.75, 3.05) is 5.32 Å². The molecule has 1 aliphatic rings. The van der Waals surface area contributed by atoms with Crippen LogP contribution in [0.15, 0.2) is 0 Å². The van der Waals surface area contributed by atoms with Crippen LogP contribution in [-0.2, 0) is 13.5 Å². The van der Waals surface area contributed by atoms with E-state index >= 15 is 0 Å². The summed E-state index contributed by atoms with van der Waals surface area (Å²) < 4.78 is 1.99. The minimum Gasteiger partial charge on any atom is -0.379 e. The molecule has 1 N–H and O–H groups in total. The maximum Gasteiger partial charge on any atom is 0.0828 e. The molecule has 72 valence electrons. The van der Waals surface area contributed by atoms with Gasteiger partial charge in [-0.2, -0.15) is 5.10 Å². The van der Waals surface area contributed by atoms with Crippen LogP contribution < -0.4 is 5.32 Å². The Balaban J connectivity index is 2.28. The first-order chi connectivity index (χ1) is 6.22. The summed E-state index contributed by atoms with van der Waals surface area (Å²) in [6.45, 7) is 4.25. The minimum atomic E-state index is 0.716. The smallest absolute Gasteiger partial charge is 0.0828 e. The standard InChI is InChI=1S/C10H17N3/c1-4-9-10(11-8-5-6-8)7(2)12-13(9)3/h8,11H,4-6H2,1-3H3. The van der Waals surface area contributed by atoms with E-state index in [-0.39, 0.29) is 0 Å². The number of nitrogens with one attached hydrogen (secondary N) is 1. The summed E-state index contributed by atoms with van der Waals surface area (Å²) in [6.07, 6.45) is 3.68. The lowest BCUT2D eigenvalue weighted by molar-refractivity contribution is 0.711. The molecule has 13 heavy (non-hydrogen) atoms. The van der Waals surface area contributed by atoms with Crippen LogP contribution in [0.2, 0.25) is 0 Å². The van der Waals surface area contributed by atoms with Crippen LogP contribution in [0.5, 0.6) is 0 Å². The van der Waals surface area contributed by atoms with E-state index in [4.69, 9.17) is 0 Å². The van der Waals surface area contributed by atoms with Crippen LogP contribution >= 0.6 is 0 Å². The zero-order valence-corrected chi connectivity index (χ0v) is 8.59. The molecule has 0 spiro atoms. The molecule has 2 rings (SSSR count). The summed E-state index contributed by atoms with van der Waals surface area (Å²) in [5.41, 5.74) is 3.73. The first kappa shape index (κ1) is 8.60. The molecule has 0 bridgehead atoms. The molecule has 1 heterocycles. The van der Waals surface area contributed by atoms with E-state index < -0.39 is 0 Å². The highest BCUT2D eigenvalue weighted by atomic mass is 15.3. The number of aromatic nitrogens is 2. The molecule has 1 aliphatic carbocycles. The molecule has 1 fully saturated rings. The van der Waals surface area contributed by atoms with Gasteiger partial charge in [-0.3, -0.25) is 4.68 Å². The van der Waals surface area contributed by atoms with Crippen molar-refractivity contribution in [2.24, 2.45) is 7.05 Å². The first-order valence-electron chi connectivity index (χ1n) is 5.01. The summed E-state index contributed by atoms with van der Waals surface area (Å²) in [5.74, 6) is 0. The van der Waals surface area contributed by atoms with Crippen molar-refractivity contribution in [1.29, 1.82) is 0 Å². The Morgan fingerprint density at radius 3 is 2.77 bits per heavy atom. The molecular weight excluding hydrogens is 162 g/mol. The lowest BCUT2D eigenvalue weighted by atomic mass is 10.2. The fourth-order valence-electron chi connectivity index (χ4n) is 1.73. The topological polar surface area (TPSA) is 29.9 Å². The molecule has 0 aromatic carbocycles. The largest absolute Gasteiger partial charge is 0.379 e. The number of rotatable bonds is 3. The fourth-order valence-corrected chi connectivity index (χ4v) is 1.73. The quantitative estimate of drug-likeness (QED) is 0.767. The summed E-state index contributed by atoms with van der Waals surface area (Å²) in [4.78, 5) is 0. The van der Waals surface area contributed by atoms with Gasteiger partial charge in [0.15, 0.2) is 0 Å². The van der Waals surface area contributed by atoms with E-state index in [1.807, 2.05) is 11.7 Å². The number of nitrogens with zero attached hydrogens (tertiary/aromatic N) is 2. The van der Waals surface area contributed by atoms with Crippen LogP contribution in [0.3, 0.4) is 0 Å². The Labute approximate surface area is 79.1 Å². The van der Waals surface area contributed by atoms with Crippen LogP contribution in [0.4, 0.5) is 5.69 Å². The number of anilines is 1. The molecule has 0 radical (unpaired) electrons. The number of aryl methyl sites for hydroxylation is 2. The van der Waals surface area contributed by atoms with Crippen LogP contribution in [-0.4, -0.2) is 15.8 Å².